The van der Waals surface area contributed by atoms with E-state index in [9.17, 15) is 22.8 Å². The molecule has 8 nitrogen and oxygen atoms in total. The van der Waals surface area contributed by atoms with Gasteiger partial charge in [-0.15, -0.1) is 24.5 Å². The molecule has 4 aromatic rings. The monoisotopic (exact) mass is 599 g/mol. The zero-order valence-electron chi connectivity index (χ0n) is 22.8. The van der Waals surface area contributed by atoms with Crippen LogP contribution in [-0.4, -0.2) is 43.5 Å². The topological polar surface area (TPSA) is 91.1 Å². The summed E-state index contributed by atoms with van der Waals surface area (Å²) in [5.74, 6) is -0.191. The summed E-state index contributed by atoms with van der Waals surface area (Å²) in [4.78, 5) is 30.3. The van der Waals surface area contributed by atoms with Gasteiger partial charge in [0.15, 0.2) is 4.80 Å². The standard InChI is InChI=1S/C30H28F3N3O5S/c1-39-23-13-14-24(26(18-23)40-2)28(38)35-29-36(16-6-15-34-27(37)17-20-7-4-3-5-8-20)25(19-42-29)21-9-11-22(12-10-21)41-30(31,32)33/h3-5,7-14,18-19H,6,15-17H2,1-2H3,(H,34,37)/b35-29-. The van der Waals surface area contributed by atoms with Gasteiger partial charge in [-0.3, -0.25) is 9.59 Å². The van der Waals surface area contributed by atoms with Crippen molar-refractivity contribution in [2.24, 2.45) is 4.99 Å². The number of hydrogen-bond donors (Lipinski definition) is 1. The molecular formula is C30H28F3N3O5S. The highest BCUT2D eigenvalue weighted by molar-refractivity contribution is 7.07. The largest absolute Gasteiger partial charge is 0.573 e. The van der Waals surface area contributed by atoms with Crippen molar-refractivity contribution in [1.29, 1.82) is 0 Å². The van der Waals surface area contributed by atoms with E-state index < -0.39 is 12.3 Å². The van der Waals surface area contributed by atoms with E-state index in [0.717, 1.165) is 5.56 Å². The number of carbonyl (C=O) groups is 2. The molecule has 42 heavy (non-hydrogen) atoms. The van der Waals surface area contributed by atoms with Gasteiger partial charge in [0.05, 0.1) is 31.9 Å². The van der Waals surface area contributed by atoms with Gasteiger partial charge >= 0.3 is 6.36 Å². The molecule has 1 N–H and O–H groups in total. The number of ether oxygens (including phenoxy) is 3. The number of rotatable bonds is 11. The number of methoxy groups -OCH3 is 2. The number of alkyl halides is 3. The van der Waals surface area contributed by atoms with Gasteiger partial charge in [-0.25, -0.2) is 0 Å². The number of aromatic nitrogens is 1. The lowest BCUT2D eigenvalue weighted by molar-refractivity contribution is -0.274. The lowest BCUT2D eigenvalue weighted by Gasteiger charge is -2.12. The number of thiazole rings is 1. The van der Waals surface area contributed by atoms with Crippen LogP contribution in [0, 0.1) is 0 Å². The lowest BCUT2D eigenvalue weighted by atomic mass is 10.1. The van der Waals surface area contributed by atoms with Crippen LogP contribution in [0.5, 0.6) is 17.2 Å². The smallest absolute Gasteiger partial charge is 0.497 e. The van der Waals surface area contributed by atoms with E-state index in [2.05, 4.69) is 15.0 Å². The Bertz CT molecular complexity index is 1580. The molecule has 0 bridgehead atoms. The first-order valence-corrected chi connectivity index (χ1v) is 13.7. The zero-order chi connectivity index (χ0) is 30.1. The van der Waals surface area contributed by atoms with E-state index in [4.69, 9.17) is 9.47 Å². The van der Waals surface area contributed by atoms with Gasteiger partial charge in [-0.2, -0.15) is 4.99 Å². The number of carbonyl (C=O) groups excluding carboxylic acids is 2. The normalized spacial score (nSPS) is 11.7. The summed E-state index contributed by atoms with van der Waals surface area (Å²) in [6.07, 6.45) is -4.04. The van der Waals surface area contributed by atoms with E-state index in [1.165, 1.54) is 49.8 Å². The molecule has 2 amide bonds. The van der Waals surface area contributed by atoms with Crippen LogP contribution in [0.2, 0.25) is 0 Å². The van der Waals surface area contributed by atoms with Gasteiger partial charge in [0.25, 0.3) is 5.91 Å². The van der Waals surface area contributed by atoms with Crippen molar-refractivity contribution in [2.45, 2.75) is 25.7 Å². The lowest BCUT2D eigenvalue weighted by Crippen LogP contribution is -2.28. The van der Waals surface area contributed by atoms with E-state index in [-0.39, 0.29) is 23.6 Å². The van der Waals surface area contributed by atoms with Gasteiger partial charge in [-0.1, -0.05) is 30.3 Å². The second-order valence-corrected chi connectivity index (χ2v) is 9.81. The maximum atomic E-state index is 13.2. The van der Waals surface area contributed by atoms with Crippen LogP contribution in [0.4, 0.5) is 13.2 Å². The van der Waals surface area contributed by atoms with Crippen LogP contribution in [-0.2, 0) is 17.8 Å². The van der Waals surface area contributed by atoms with E-state index in [1.807, 2.05) is 30.3 Å². The Morgan fingerprint density at radius 2 is 1.67 bits per heavy atom. The van der Waals surface area contributed by atoms with Crippen molar-refractivity contribution in [3.8, 4) is 28.5 Å². The maximum Gasteiger partial charge on any atom is 0.573 e. The molecule has 0 saturated carbocycles. The van der Waals surface area contributed by atoms with E-state index in [0.29, 0.717) is 47.1 Å². The van der Waals surface area contributed by atoms with Crippen molar-refractivity contribution < 1.29 is 37.0 Å². The third-order valence-electron chi connectivity index (χ3n) is 6.11. The molecule has 3 aromatic carbocycles. The molecule has 0 radical (unpaired) electrons. The molecule has 0 fully saturated rings. The van der Waals surface area contributed by atoms with Crippen molar-refractivity contribution >= 4 is 23.2 Å². The molecule has 0 aliphatic heterocycles. The maximum absolute atomic E-state index is 13.2. The molecule has 0 saturated heterocycles. The first-order valence-electron chi connectivity index (χ1n) is 12.8. The quantitative estimate of drug-likeness (QED) is 0.226. The van der Waals surface area contributed by atoms with Crippen LogP contribution in [0.15, 0.2) is 83.2 Å². The summed E-state index contributed by atoms with van der Waals surface area (Å²) in [6.45, 7) is 0.739. The Hall–Kier alpha value is -4.58. The van der Waals surface area contributed by atoms with Gasteiger partial charge < -0.3 is 24.1 Å². The molecule has 1 aromatic heterocycles. The molecule has 4 rings (SSSR count). The second kappa shape index (κ2) is 13.9. The summed E-state index contributed by atoms with van der Waals surface area (Å²) in [5.41, 5.74) is 2.38. The van der Waals surface area contributed by atoms with Crippen molar-refractivity contribution in [1.82, 2.24) is 9.88 Å². The molecule has 0 spiro atoms. The van der Waals surface area contributed by atoms with E-state index >= 15 is 0 Å². The van der Waals surface area contributed by atoms with Gasteiger partial charge in [0, 0.05) is 24.5 Å². The third-order valence-corrected chi connectivity index (χ3v) is 6.97. The van der Waals surface area contributed by atoms with Gasteiger partial charge in [0.1, 0.15) is 17.2 Å². The highest BCUT2D eigenvalue weighted by atomic mass is 32.1. The summed E-state index contributed by atoms with van der Waals surface area (Å²) in [7, 11) is 2.94. The van der Waals surface area contributed by atoms with Crippen LogP contribution >= 0.6 is 11.3 Å². The Balaban J connectivity index is 1.58. The number of amides is 2. The zero-order valence-corrected chi connectivity index (χ0v) is 23.6. The Morgan fingerprint density at radius 3 is 2.33 bits per heavy atom. The van der Waals surface area contributed by atoms with E-state index in [1.54, 1.807) is 28.1 Å². The fourth-order valence-electron chi connectivity index (χ4n) is 4.12. The fraction of sp³-hybridized carbons (Fsp3) is 0.233. The predicted molar refractivity (Wildman–Crippen MR) is 152 cm³/mol. The molecular weight excluding hydrogens is 571 g/mol. The fourth-order valence-corrected chi connectivity index (χ4v) is 5.06. The van der Waals surface area contributed by atoms with Crippen LogP contribution < -0.4 is 24.3 Å². The number of nitrogens with zero attached hydrogens (tertiary/aromatic N) is 2. The van der Waals surface area contributed by atoms with Crippen molar-refractivity contribution in [3.05, 3.63) is 94.1 Å². The van der Waals surface area contributed by atoms with Crippen LogP contribution in [0.25, 0.3) is 11.3 Å². The number of halogens is 3. The minimum atomic E-state index is -4.80. The average molecular weight is 600 g/mol. The molecule has 0 unspecified atom stereocenters. The van der Waals surface area contributed by atoms with Crippen LogP contribution in [0.1, 0.15) is 22.3 Å². The number of hydrogen-bond acceptors (Lipinski definition) is 6. The minimum Gasteiger partial charge on any atom is -0.497 e. The predicted octanol–water partition coefficient (Wildman–Crippen LogP) is 5.62. The third kappa shape index (κ3) is 8.23. The summed E-state index contributed by atoms with van der Waals surface area (Å²) >= 11 is 1.21. The molecule has 0 aliphatic rings. The first kappa shape index (κ1) is 30.4. The first-order chi connectivity index (χ1) is 20.2. The summed E-state index contributed by atoms with van der Waals surface area (Å²) in [6, 6.07) is 19.6. The van der Waals surface area contributed by atoms with Gasteiger partial charge in [-0.05, 0) is 53.9 Å². The number of benzene rings is 3. The minimum absolute atomic E-state index is 0.122. The average Bonchev–Trinajstić information content (AvgIpc) is 3.36. The SMILES string of the molecule is COc1ccc(C(=O)/N=c2\scc(-c3ccc(OC(F)(F)F)cc3)n2CCCNC(=O)Cc2ccccc2)c(OC)c1. The highest BCUT2D eigenvalue weighted by Gasteiger charge is 2.31. The van der Waals surface area contributed by atoms with Crippen molar-refractivity contribution in [2.75, 3.05) is 20.8 Å². The molecule has 12 heteroatoms. The molecule has 1 heterocycles. The van der Waals surface area contributed by atoms with Crippen molar-refractivity contribution in [3.63, 3.8) is 0 Å². The Kier molecular flexibility index (Phi) is 10.0. The molecule has 0 atom stereocenters. The Labute approximate surface area is 244 Å². The molecule has 0 aliphatic carbocycles. The number of nitrogens with one attached hydrogen (secondary N) is 1. The second-order valence-electron chi connectivity index (χ2n) is 8.98. The highest BCUT2D eigenvalue weighted by Crippen LogP contribution is 2.28. The Morgan fingerprint density at radius 1 is 0.952 bits per heavy atom. The summed E-state index contributed by atoms with van der Waals surface area (Å²) in [5, 5.41) is 4.66. The van der Waals surface area contributed by atoms with Gasteiger partial charge in [0.2, 0.25) is 5.91 Å². The summed E-state index contributed by atoms with van der Waals surface area (Å²) < 4.78 is 54.2. The molecule has 220 valence electrons. The van der Waals surface area contributed by atoms with Crippen LogP contribution in [0.3, 0.4) is 0 Å².